The molecule has 222 valence electrons. The van der Waals surface area contributed by atoms with Crippen LogP contribution in [0.15, 0.2) is 111 Å². The molecular formula is C33H30Br2ClN3O4. The summed E-state index contributed by atoms with van der Waals surface area (Å²) in [4.78, 5) is 19.4. The van der Waals surface area contributed by atoms with E-state index in [0.717, 1.165) is 25.6 Å². The van der Waals surface area contributed by atoms with Crippen molar-refractivity contribution in [1.82, 2.24) is 10.9 Å². The van der Waals surface area contributed by atoms with E-state index in [-0.39, 0.29) is 18.9 Å². The smallest absolute Gasteiger partial charge is 0.266 e. The zero-order valence-corrected chi connectivity index (χ0v) is 27.0. The monoisotopic (exact) mass is 725 g/mol. The van der Waals surface area contributed by atoms with Gasteiger partial charge in [0.2, 0.25) is 5.90 Å². The van der Waals surface area contributed by atoms with Crippen LogP contribution in [0, 0.1) is 0 Å². The van der Waals surface area contributed by atoms with Crippen LogP contribution in [0.3, 0.4) is 0 Å². The Kier molecular flexibility index (Phi) is 10.5. The van der Waals surface area contributed by atoms with Crippen molar-refractivity contribution < 1.29 is 19.4 Å². The Bertz CT molecular complexity index is 1580. The Morgan fingerprint density at radius 2 is 1.77 bits per heavy atom. The van der Waals surface area contributed by atoms with Crippen LogP contribution in [-0.4, -0.2) is 35.7 Å². The van der Waals surface area contributed by atoms with Crippen LogP contribution >= 0.6 is 43.5 Å². The number of halogens is 3. The second-order valence-corrected chi connectivity index (χ2v) is 12.3. The summed E-state index contributed by atoms with van der Waals surface area (Å²) in [5, 5.41) is 9.67. The van der Waals surface area contributed by atoms with E-state index in [2.05, 4.69) is 42.7 Å². The summed E-state index contributed by atoms with van der Waals surface area (Å²) in [7, 11) is 0. The van der Waals surface area contributed by atoms with Gasteiger partial charge in [-0.2, -0.15) is 0 Å². The Labute approximate surface area is 272 Å². The fourth-order valence-electron chi connectivity index (χ4n) is 4.83. The molecule has 0 aliphatic carbocycles. The summed E-state index contributed by atoms with van der Waals surface area (Å²) in [5.74, 6) is 0.687. The van der Waals surface area contributed by atoms with Gasteiger partial charge in [0, 0.05) is 45.5 Å². The molecule has 0 aromatic heterocycles. The topological polar surface area (TPSA) is 92.2 Å². The molecule has 0 bridgehead atoms. The van der Waals surface area contributed by atoms with Crippen molar-refractivity contribution in [3.8, 4) is 5.75 Å². The van der Waals surface area contributed by atoms with Crippen molar-refractivity contribution in [3.05, 3.63) is 133 Å². The van der Waals surface area contributed by atoms with Crippen molar-refractivity contribution in [1.29, 1.82) is 0 Å². The van der Waals surface area contributed by atoms with Gasteiger partial charge in [-0.15, -0.1) is 0 Å². The molecule has 2 atom stereocenters. The maximum absolute atomic E-state index is 14.3. The van der Waals surface area contributed by atoms with Gasteiger partial charge in [-0.1, -0.05) is 85.9 Å². The zero-order valence-electron chi connectivity index (χ0n) is 23.1. The molecule has 0 radical (unpaired) electrons. The molecule has 4 aromatic carbocycles. The minimum Gasteiger partial charge on any atom is -0.494 e. The molecule has 0 spiro atoms. The number of carbonyl (C=O) groups excluding carboxylic acids is 1. The molecule has 1 aliphatic heterocycles. The third-order valence-electron chi connectivity index (χ3n) is 7.00. The fourth-order valence-corrected chi connectivity index (χ4v) is 5.74. The second-order valence-electron chi connectivity index (χ2n) is 10.0. The Morgan fingerprint density at radius 3 is 2.49 bits per heavy atom. The Hall–Kier alpha value is -3.21. The van der Waals surface area contributed by atoms with Crippen LogP contribution in [0.2, 0.25) is 5.02 Å². The number of hydrogen-bond acceptors (Lipinski definition) is 6. The lowest BCUT2D eigenvalue weighted by Gasteiger charge is -2.31. The summed E-state index contributed by atoms with van der Waals surface area (Å²) in [6.07, 6.45) is 0.0898. The van der Waals surface area contributed by atoms with Crippen LogP contribution in [0.4, 0.5) is 0 Å². The summed E-state index contributed by atoms with van der Waals surface area (Å²) < 4.78 is 14.1. The number of amides is 1. The molecule has 43 heavy (non-hydrogen) atoms. The largest absolute Gasteiger partial charge is 0.494 e. The van der Waals surface area contributed by atoms with Gasteiger partial charge < -0.3 is 14.6 Å². The number of benzene rings is 4. The highest BCUT2D eigenvalue weighted by atomic mass is 79.9. The molecule has 5 rings (SSSR count). The van der Waals surface area contributed by atoms with E-state index in [1.54, 1.807) is 6.07 Å². The molecule has 1 heterocycles. The van der Waals surface area contributed by atoms with Crippen molar-refractivity contribution in [2.75, 3.05) is 13.2 Å². The van der Waals surface area contributed by atoms with Crippen LogP contribution < -0.4 is 15.6 Å². The summed E-state index contributed by atoms with van der Waals surface area (Å²) in [6.45, 7) is 0.849. The number of aliphatic hydroxyl groups is 1. The molecule has 0 saturated heterocycles. The Balaban J connectivity index is 1.52. The van der Waals surface area contributed by atoms with Gasteiger partial charge in [0.05, 0.1) is 6.61 Å². The molecule has 4 aromatic rings. The first-order valence-electron chi connectivity index (χ1n) is 13.8. The predicted molar refractivity (Wildman–Crippen MR) is 175 cm³/mol. The summed E-state index contributed by atoms with van der Waals surface area (Å²) in [6, 6.07) is 30.3. The fraction of sp³-hybridized carbons (Fsp3) is 0.212. The maximum Gasteiger partial charge on any atom is 0.266 e. The van der Waals surface area contributed by atoms with E-state index >= 15 is 0 Å². The molecule has 1 amide bonds. The van der Waals surface area contributed by atoms with Crippen LogP contribution in [0.25, 0.3) is 0 Å². The van der Waals surface area contributed by atoms with Crippen molar-refractivity contribution in [2.24, 2.45) is 4.99 Å². The molecule has 7 nitrogen and oxygen atoms in total. The van der Waals surface area contributed by atoms with Crippen molar-refractivity contribution in [2.45, 2.75) is 31.0 Å². The number of ether oxygens (including phenoxy) is 2. The zero-order chi connectivity index (χ0) is 30.2. The van der Waals surface area contributed by atoms with Crippen LogP contribution in [-0.2, 0) is 22.5 Å². The van der Waals surface area contributed by atoms with Gasteiger partial charge in [0.25, 0.3) is 5.91 Å². The number of hydrogen-bond donors (Lipinski definition) is 3. The molecule has 0 fully saturated rings. The SMILES string of the molecule is O=C(NNCc1cccc(Cl)c1)[C@@]1(Cc2ccccc2Br)N=C(c2ccc(OCCCO)cc2)O[C@H]1c1ccc(Br)cc1. The highest BCUT2D eigenvalue weighted by molar-refractivity contribution is 9.10. The van der Waals surface area contributed by atoms with Crippen LogP contribution in [0.5, 0.6) is 5.75 Å². The average molecular weight is 728 g/mol. The van der Waals surface area contributed by atoms with Crippen molar-refractivity contribution >= 4 is 55.3 Å². The number of hydrazine groups is 1. The predicted octanol–water partition coefficient (Wildman–Crippen LogP) is 6.95. The minimum atomic E-state index is -1.36. The number of rotatable bonds is 12. The van der Waals surface area contributed by atoms with E-state index in [1.165, 1.54) is 0 Å². The van der Waals surface area contributed by atoms with E-state index in [1.807, 2.05) is 91.0 Å². The third-order valence-corrected chi connectivity index (χ3v) is 8.54. The number of carbonyl (C=O) groups is 1. The lowest BCUT2D eigenvalue weighted by atomic mass is 9.82. The quantitative estimate of drug-likeness (QED) is 0.109. The highest BCUT2D eigenvalue weighted by Crippen LogP contribution is 2.43. The van der Waals surface area contributed by atoms with Gasteiger partial charge in [-0.05, 0) is 71.3 Å². The first-order chi connectivity index (χ1) is 20.9. The number of nitrogens with zero attached hydrogens (tertiary/aromatic N) is 1. The minimum absolute atomic E-state index is 0.0653. The lowest BCUT2D eigenvalue weighted by Crippen LogP contribution is -2.53. The maximum atomic E-state index is 14.3. The van der Waals surface area contributed by atoms with Crippen molar-refractivity contribution in [3.63, 3.8) is 0 Å². The van der Waals surface area contributed by atoms with Gasteiger partial charge in [-0.25, -0.2) is 10.4 Å². The lowest BCUT2D eigenvalue weighted by molar-refractivity contribution is -0.130. The van der Waals surface area contributed by atoms with E-state index in [9.17, 15) is 4.79 Å². The van der Waals surface area contributed by atoms with Gasteiger partial charge >= 0.3 is 0 Å². The number of aliphatic hydroxyl groups excluding tert-OH is 1. The van der Waals surface area contributed by atoms with Gasteiger partial charge in [0.1, 0.15) is 5.75 Å². The average Bonchev–Trinajstić information content (AvgIpc) is 3.40. The molecular weight excluding hydrogens is 698 g/mol. The van der Waals surface area contributed by atoms with E-state index in [4.69, 9.17) is 31.2 Å². The normalized spacial score (nSPS) is 17.7. The number of aliphatic imine (C=N–C) groups is 1. The Morgan fingerprint density at radius 1 is 1.00 bits per heavy atom. The first-order valence-corrected chi connectivity index (χ1v) is 15.7. The summed E-state index contributed by atoms with van der Waals surface area (Å²) >= 11 is 13.3. The van der Waals surface area contributed by atoms with Gasteiger partial charge in [0.15, 0.2) is 11.6 Å². The summed E-state index contributed by atoms with van der Waals surface area (Å²) in [5.41, 5.74) is 7.97. The molecule has 0 saturated carbocycles. The van der Waals surface area contributed by atoms with Crippen LogP contribution in [0.1, 0.15) is 34.8 Å². The highest BCUT2D eigenvalue weighted by Gasteiger charge is 2.53. The van der Waals surface area contributed by atoms with E-state index < -0.39 is 11.6 Å². The van der Waals surface area contributed by atoms with E-state index in [0.29, 0.717) is 41.8 Å². The molecule has 0 unspecified atom stereocenters. The van der Waals surface area contributed by atoms with Gasteiger partial charge in [-0.3, -0.25) is 10.2 Å². The second kappa shape index (κ2) is 14.5. The molecule has 1 aliphatic rings. The number of nitrogens with one attached hydrogen (secondary N) is 2. The third kappa shape index (κ3) is 7.66. The first kappa shape index (κ1) is 31.2. The molecule has 3 N–H and O–H groups in total. The molecule has 10 heteroatoms. The standard InChI is InChI=1S/C33H30Br2ClN3O4/c34-26-13-9-23(10-14-26)30-33(20-25-6-1-2-8-29(25)35,32(41)39-37-21-22-5-3-7-27(36)19-22)38-31(43-30)24-11-15-28(16-12-24)42-18-4-17-40/h1-3,5-16,19,30,37,40H,4,17-18,20-21H2,(H,39,41)/t30-,33-/m0/s1.